The molecule has 1 heterocycles. The van der Waals surface area contributed by atoms with Gasteiger partial charge < -0.3 is 16.2 Å². The van der Waals surface area contributed by atoms with Crippen LogP contribution in [0.4, 0.5) is 23.2 Å². The van der Waals surface area contributed by atoms with Gasteiger partial charge in [-0.3, -0.25) is 4.90 Å². The quantitative estimate of drug-likeness (QED) is 0.795. The number of aliphatic imine (C=N–C) groups is 2. The molecule has 1 aliphatic carbocycles. The maximum atomic E-state index is 14.7. The van der Waals surface area contributed by atoms with Gasteiger partial charge in [-0.25, -0.2) is 9.38 Å². The molecule has 4 N–H and O–H groups in total. The van der Waals surface area contributed by atoms with Gasteiger partial charge in [0.15, 0.2) is 11.6 Å². The molecule has 0 unspecified atom stereocenters. The van der Waals surface area contributed by atoms with Crippen molar-refractivity contribution in [3.8, 4) is 5.75 Å². The number of ether oxygens (including phenoxy) is 1. The molecule has 10 heteroatoms. The first-order valence-electron chi connectivity index (χ1n) is 7.76. The molecule has 1 aliphatic heterocycles. The summed E-state index contributed by atoms with van der Waals surface area (Å²) in [6.07, 6.45) is -1.35. The molecular weight excluding hydrogens is 342 g/mol. The fourth-order valence-corrected chi connectivity index (χ4v) is 3.35. The SMILES string of the molecule is NC1=NC2(CCCCC2)N(c2cccc(OC(F)(F)F)c2F)C(N)=N1. The number of nitrogens with two attached hydrogens (primary N) is 2. The fourth-order valence-electron chi connectivity index (χ4n) is 3.35. The first kappa shape index (κ1) is 17.3. The summed E-state index contributed by atoms with van der Waals surface area (Å²) in [6, 6.07) is 3.47. The van der Waals surface area contributed by atoms with Crippen LogP contribution in [0.5, 0.6) is 5.75 Å². The van der Waals surface area contributed by atoms with Crippen molar-refractivity contribution in [3.63, 3.8) is 0 Å². The second-order valence-corrected chi connectivity index (χ2v) is 5.96. The van der Waals surface area contributed by atoms with Crippen molar-refractivity contribution in [2.45, 2.75) is 44.1 Å². The Morgan fingerprint density at radius 3 is 2.44 bits per heavy atom. The van der Waals surface area contributed by atoms with Gasteiger partial charge in [0.05, 0.1) is 5.69 Å². The summed E-state index contributed by atoms with van der Waals surface area (Å²) in [5.41, 5.74) is 10.5. The number of rotatable bonds is 2. The summed E-state index contributed by atoms with van der Waals surface area (Å²) in [7, 11) is 0. The van der Waals surface area contributed by atoms with Gasteiger partial charge in [-0.1, -0.05) is 12.5 Å². The Morgan fingerprint density at radius 2 is 1.80 bits per heavy atom. The lowest BCUT2D eigenvalue weighted by molar-refractivity contribution is -0.275. The van der Waals surface area contributed by atoms with E-state index >= 15 is 0 Å². The molecule has 136 valence electrons. The fraction of sp³-hybridized carbons (Fsp3) is 0.467. The van der Waals surface area contributed by atoms with Crippen molar-refractivity contribution in [2.24, 2.45) is 21.5 Å². The highest BCUT2D eigenvalue weighted by Crippen LogP contribution is 2.42. The van der Waals surface area contributed by atoms with E-state index in [0.29, 0.717) is 12.8 Å². The number of halogens is 4. The molecule has 0 atom stereocenters. The zero-order valence-electron chi connectivity index (χ0n) is 13.2. The summed E-state index contributed by atoms with van der Waals surface area (Å²) in [5.74, 6) is -2.26. The van der Waals surface area contributed by atoms with E-state index < -0.39 is 23.6 Å². The minimum atomic E-state index is -5.01. The van der Waals surface area contributed by atoms with Crippen molar-refractivity contribution in [1.29, 1.82) is 0 Å². The van der Waals surface area contributed by atoms with Crippen molar-refractivity contribution in [3.05, 3.63) is 24.0 Å². The van der Waals surface area contributed by atoms with Crippen LogP contribution in [0.2, 0.25) is 0 Å². The summed E-state index contributed by atoms with van der Waals surface area (Å²) < 4.78 is 55.9. The molecule has 0 aromatic heterocycles. The Morgan fingerprint density at radius 1 is 1.12 bits per heavy atom. The van der Waals surface area contributed by atoms with Crippen LogP contribution in [-0.4, -0.2) is 23.9 Å². The summed E-state index contributed by atoms with van der Waals surface area (Å²) in [4.78, 5) is 9.52. The average molecular weight is 359 g/mol. The normalized spacial score (nSPS) is 20.2. The number of hydrogen-bond donors (Lipinski definition) is 2. The summed E-state index contributed by atoms with van der Waals surface area (Å²) in [5, 5.41) is 0. The van der Waals surface area contributed by atoms with Crippen LogP contribution >= 0.6 is 0 Å². The number of hydrogen-bond acceptors (Lipinski definition) is 6. The Hall–Kier alpha value is -2.52. The average Bonchev–Trinajstić information content (AvgIpc) is 2.49. The molecule has 25 heavy (non-hydrogen) atoms. The van der Waals surface area contributed by atoms with E-state index in [1.54, 1.807) is 0 Å². The Kier molecular flexibility index (Phi) is 4.21. The predicted molar refractivity (Wildman–Crippen MR) is 84.6 cm³/mol. The van der Waals surface area contributed by atoms with Crippen LogP contribution in [0.15, 0.2) is 28.2 Å². The van der Waals surface area contributed by atoms with Gasteiger partial charge in [-0.05, 0) is 37.8 Å². The summed E-state index contributed by atoms with van der Waals surface area (Å²) in [6.45, 7) is 0. The second kappa shape index (κ2) is 6.08. The lowest BCUT2D eigenvalue weighted by Crippen LogP contribution is -2.58. The minimum absolute atomic E-state index is 0.0289. The largest absolute Gasteiger partial charge is 0.573 e. The highest BCUT2D eigenvalue weighted by molar-refractivity contribution is 6.05. The maximum Gasteiger partial charge on any atom is 0.573 e. The van der Waals surface area contributed by atoms with E-state index in [1.165, 1.54) is 17.0 Å². The molecule has 1 aromatic carbocycles. The number of guanidine groups is 2. The zero-order valence-corrected chi connectivity index (χ0v) is 13.2. The standard InChI is InChI=1S/C15H17F4N5O/c16-11-9(5-4-6-10(11)25-15(17,18)19)24-13(21)22-12(20)23-14(24)7-2-1-3-8-14/h4-6H,1-3,7-8H2,(H4,20,21,22,23). The van der Waals surface area contributed by atoms with E-state index in [0.717, 1.165) is 25.3 Å². The van der Waals surface area contributed by atoms with E-state index in [9.17, 15) is 17.6 Å². The Balaban J connectivity index is 2.07. The molecule has 1 spiro atoms. The van der Waals surface area contributed by atoms with Gasteiger partial charge in [-0.2, -0.15) is 4.99 Å². The zero-order chi connectivity index (χ0) is 18.2. The number of anilines is 1. The van der Waals surface area contributed by atoms with E-state index in [1.807, 2.05) is 0 Å². The van der Waals surface area contributed by atoms with E-state index in [4.69, 9.17) is 11.5 Å². The topological polar surface area (TPSA) is 89.2 Å². The molecule has 0 amide bonds. The Labute approximate surface area is 141 Å². The van der Waals surface area contributed by atoms with Gasteiger partial charge in [0.25, 0.3) is 0 Å². The highest BCUT2D eigenvalue weighted by Gasteiger charge is 2.44. The molecule has 6 nitrogen and oxygen atoms in total. The lowest BCUT2D eigenvalue weighted by atomic mass is 9.87. The van der Waals surface area contributed by atoms with Crippen molar-refractivity contribution < 1.29 is 22.3 Å². The highest BCUT2D eigenvalue weighted by atomic mass is 19.4. The molecule has 0 saturated heterocycles. The molecule has 1 aromatic rings. The third-order valence-electron chi connectivity index (χ3n) is 4.26. The van der Waals surface area contributed by atoms with Gasteiger partial charge in [0.2, 0.25) is 11.9 Å². The molecule has 2 aliphatic rings. The third kappa shape index (κ3) is 3.33. The third-order valence-corrected chi connectivity index (χ3v) is 4.26. The van der Waals surface area contributed by atoms with Gasteiger partial charge >= 0.3 is 6.36 Å². The predicted octanol–water partition coefficient (Wildman–Crippen LogP) is 2.83. The first-order chi connectivity index (χ1) is 11.7. The van der Waals surface area contributed by atoms with Crippen molar-refractivity contribution in [2.75, 3.05) is 4.90 Å². The van der Waals surface area contributed by atoms with Crippen LogP contribution in [-0.2, 0) is 0 Å². The van der Waals surface area contributed by atoms with Gasteiger partial charge in [-0.15, -0.1) is 13.2 Å². The second-order valence-electron chi connectivity index (χ2n) is 5.96. The van der Waals surface area contributed by atoms with Gasteiger partial charge in [0, 0.05) is 0 Å². The molecule has 3 rings (SSSR count). The molecule has 1 fully saturated rings. The number of alkyl halides is 3. The van der Waals surface area contributed by atoms with E-state index in [2.05, 4.69) is 14.7 Å². The smallest absolute Gasteiger partial charge is 0.403 e. The number of nitrogens with zero attached hydrogens (tertiary/aromatic N) is 3. The van der Waals surface area contributed by atoms with Crippen LogP contribution in [0.3, 0.4) is 0 Å². The molecular formula is C15H17F4N5O. The molecule has 0 radical (unpaired) electrons. The molecule has 0 bridgehead atoms. The van der Waals surface area contributed by atoms with E-state index in [-0.39, 0.29) is 17.6 Å². The van der Waals surface area contributed by atoms with Crippen molar-refractivity contribution >= 4 is 17.6 Å². The summed E-state index contributed by atoms with van der Waals surface area (Å²) >= 11 is 0. The first-order valence-corrected chi connectivity index (χ1v) is 7.76. The van der Waals surface area contributed by atoms with Gasteiger partial charge in [0.1, 0.15) is 5.66 Å². The lowest BCUT2D eigenvalue weighted by Gasteiger charge is -2.45. The monoisotopic (exact) mass is 359 g/mol. The minimum Gasteiger partial charge on any atom is -0.403 e. The molecule has 1 saturated carbocycles. The van der Waals surface area contributed by atoms with Crippen LogP contribution in [0, 0.1) is 5.82 Å². The Bertz CT molecular complexity index is 725. The maximum absolute atomic E-state index is 14.7. The number of benzene rings is 1. The van der Waals surface area contributed by atoms with Crippen LogP contribution in [0.1, 0.15) is 32.1 Å². The van der Waals surface area contributed by atoms with Crippen LogP contribution in [0.25, 0.3) is 0 Å². The van der Waals surface area contributed by atoms with Crippen LogP contribution < -0.4 is 21.1 Å². The van der Waals surface area contributed by atoms with Crippen molar-refractivity contribution in [1.82, 2.24) is 0 Å².